The first-order chi connectivity index (χ1) is 13.3. The number of thiazole rings is 1. The summed E-state index contributed by atoms with van der Waals surface area (Å²) in [6.07, 6.45) is -0.0301. The number of hydrogen-bond acceptors (Lipinski definition) is 6. The van der Waals surface area contributed by atoms with Crippen LogP contribution < -0.4 is 15.6 Å². The third kappa shape index (κ3) is 3.31. The molecule has 0 aliphatic carbocycles. The van der Waals surface area contributed by atoms with E-state index in [1.807, 2.05) is 0 Å². The monoisotopic (exact) mass is 407 g/mol. The number of hydrazine groups is 1. The van der Waals surface area contributed by atoms with Crippen molar-refractivity contribution in [3.05, 3.63) is 65.1 Å². The summed E-state index contributed by atoms with van der Waals surface area (Å²) < 4.78 is 38.2. The Kier molecular flexibility index (Phi) is 4.30. The van der Waals surface area contributed by atoms with Crippen LogP contribution in [0, 0.1) is 0 Å². The maximum Gasteiger partial charge on any atom is 0.416 e. The molecule has 0 saturated carbocycles. The fraction of sp³-hybridized carbons (Fsp3) is 0.118. The number of halogens is 3. The van der Waals surface area contributed by atoms with Crippen LogP contribution in [0.3, 0.4) is 0 Å². The van der Waals surface area contributed by atoms with Crippen molar-refractivity contribution < 1.29 is 22.8 Å². The third-order valence-corrected chi connectivity index (χ3v) is 4.80. The van der Waals surface area contributed by atoms with Crippen LogP contribution in [0.5, 0.6) is 0 Å². The van der Waals surface area contributed by atoms with Gasteiger partial charge in [0.2, 0.25) is 0 Å². The molecule has 7 nitrogen and oxygen atoms in total. The highest BCUT2D eigenvalue weighted by Crippen LogP contribution is 2.32. The van der Waals surface area contributed by atoms with E-state index in [2.05, 4.69) is 15.7 Å². The number of rotatable bonds is 3. The fourth-order valence-corrected chi connectivity index (χ4v) is 3.29. The molecule has 4 rings (SSSR count). The van der Waals surface area contributed by atoms with Crippen LogP contribution in [-0.2, 0) is 15.8 Å². The molecule has 2 aromatic rings. The van der Waals surface area contributed by atoms with E-state index in [1.165, 1.54) is 45.8 Å². The molecule has 0 spiro atoms. The van der Waals surface area contributed by atoms with E-state index in [9.17, 15) is 22.8 Å². The summed E-state index contributed by atoms with van der Waals surface area (Å²) in [5, 5.41) is 6.28. The average molecular weight is 407 g/mol. The zero-order valence-corrected chi connectivity index (χ0v) is 14.8. The van der Waals surface area contributed by atoms with Gasteiger partial charge in [-0.05, 0) is 24.3 Å². The zero-order chi connectivity index (χ0) is 19.9. The summed E-state index contributed by atoms with van der Waals surface area (Å²) in [5.41, 5.74) is 3.00. The minimum Gasteiger partial charge on any atom is -0.304 e. The van der Waals surface area contributed by atoms with Gasteiger partial charge in [-0.3, -0.25) is 24.8 Å². The second kappa shape index (κ2) is 6.68. The molecule has 0 saturated heterocycles. The third-order valence-electron chi connectivity index (χ3n) is 4.12. The van der Waals surface area contributed by atoms with Crippen molar-refractivity contribution in [1.82, 2.24) is 15.4 Å². The Morgan fingerprint density at radius 1 is 1.25 bits per heavy atom. The predicted molar refractivity (Wildman–Crippen MR) is 95.7 cm³/mol. The number of hydrogen-bond donors (Lipinski definition) is 2. The van der Waals surface area contributed by atoms with E-state index >= 15 is 0 Å². The first-order valence-electron chi connectivity index (χ1n) is 7.99. The quantitative estimate of drug-likeness (QED) is 0.818. The first kappa shape index (κ1) is 18.0. The molecular weight excluding hydrogens is 395 g/mol. The van der Waals surface area contributed by atoms with E-state index in [-0.39, 0.29) is 23.7 Å². The molecule has 3 heterocycles. The van der Waals surface area contributed by atoms with Gasteiger partial charge in [-0.1, -0.05) is 0 Å². The molecular formula is C17H12F3N5O2S. The number of anilines is 2. The Morgan fingerprint density at radius 3 is 2.64 bits per heavy atom. The predicted octanol–water partition coefficient (Wildman–Crippen LogP) is 2.69. The van der Waals surface area contributed by atoms with Gasteiger partial charge in [0.1, 0.15) is 6.54 Å². The number of alkyl halides is 3. The van der Waals surface area contributed by atoms with Crippen LogP contribution in [0.25, 0.3) is 0 Å². The summed E-state index contributed by atoms with van der Waals surface area (Å²) in [5.74, 6) is -0.774. The lowest BCUT2D eigenvalue weighted by Gasteiger charge is -2.31. The van der Waals surface area contributed by atoms with E-state index in [1.54, 1.807) is 11.6 Å². The molecule has 0 unspecified atom stereocenters. The molecule has 2 amide bonds. The molecule has 0 bridgehead atoms. The van der Waals surface area contributed by atoms with Gasteiger partial charge in [-0.15, -0.1) is 11.3 Å². The van der Waals surface area contributed by atoms with Gasteiger partial charge in [-0.2, -0.15) is 13.2 Å². The lowest BCUT2D eigenvalue weighted by atomic mass is 10.1. The number of nitrogens with one attached hydrogen (secondary N) is 2. The molecule has 11 heteroatoms. The second-order valence-electron chi connectivity index (χ2n) is 5.89. The Balaban J connectivity index is 1.60. The summed E-state index contributed by atoms with van der Waals surface area (Å²) in [6, 6.07) is 4.25. The van der Waals surface area contributed by atoms with Crippen molar-refractivity contribution in [2.75, 3.05) is 16.8 Å². The van der Waals surface area contributed by atoms with Crippen LogP contribution in [0.2, 0.25) is 0 Å². The average Bonchev–Trinajstić information content (AvgIpc) is 3.29. The highest BCUT2D eigenvalue weighted by atomic mass is 32.1. The van der Waals surface area contributed by atoms with E-state index in [0.29, 0.717) is 10.8 Å². The van der Waals surface area contributed by atoms with Crippen LogP contribution >= 0.6 is 11.3 Å². The molecule has 28 heavy (non-hydrogen) atoms. The maximum absolute atomic E-state index is 12.7. The molecule has 0 fully saturated rings. The van der Waals surface area contributed by atoms with Crippen molar-refractivity contribution in [2.24, 2.45) is 0 Å². The standard InChI is InChI=1S/C17H12F3N5O2S/c18-17(19,20)10-1-3-11(4-2-10)24-8-13-12(7-22-25(13)9-14(24)26)15(27)23-16-21-5-6-28-16/h1-8,22H,9H2,(H,21,23,27). The molecule has 1 aromatic heterocycles. The highest BCUT2D eigenvalue weighted by molar-refractivity contribution is 7.13. The molecule has 1 aromatic carbocycles. The van der Waals surface area contributed by atoms with Crippen molar-refractivity contribution in [3.8, 4) is 0 Å². The summed E-state index contributed by atoms with van der Waals surface area (Å²) in [7, 11) is 0. The number of fused-ring (bicyclic) bond motifs is 1. The Bertz CT molecular complexity index is 983. The van der Waals surface area contributed by atoms with Crippen molar-refractivity contribution in [2.45, 2.75) is 6.18 Å². The Morgan fingerprint density at radius 2 is 2.00 bits per heavy atom. The maximum atomic E-state index is 12.7. The van der Waals surface area contributed by atoms with Crippen LogP contribution in [0.1, 0.15) is 5.56 Å². The minimum absolute atomic E-state index is 0.0859. The number of aromatic nitrogens is 1. The van der Waals surface area contributed by atoms with E-state index < -0.39 is 17.6 Å². The van der Waals surface area contributed by atoms with E-state index in [4.69, 9.17) is 0 Å². The molecule has 144 valence electrons. The van der Waals surface area contributed by atoms with Gasteiger partial charge in [-0.25, -0.2) is 4.98 Å². The Labute approximate surface area is 160 Å². The van der Waals surface area contributed by atoms with Crippen LogP contribution in [-0.4, -0.2) is 28.4 Å². The summed E-state index contributed by atoms with van der Waals surface area (Å²) in [6.45, 7) is -0.0859. The van der Waals surface area contributed by atoms with E-state index in [0.717, 1.165) is 12.1 Å². The normalized spacial score (nSPS) is 16.3. The molecule has 2 aliphatic rings. The smallest absolute Gasteiger partial charge is 0.304 e. The summed E-state index contributed by atoms with van der Waals surface area (Å²) >= 11 is 1.26. The number of carbonyl (C=O) groups excluding carboxylic acids is 2. The van der Waals surface area contributed by atoms with Gasteiger partial charge in [0.15, 0.2) is 5.13 Å². The Hall–Kier alpha value is -3.34. The van der Waals surface area contributed by atoms with Gasteiger partial charge >= 0.3 is 6.18 Å². The fourth-order valence-electron chi connectivity index (χ4n) is 2.77. The number of carbonyl (C=O) groups is 2. The van der Waals surface area contributed by atoms with Crippen molar-refractivity contribution in [1.29, 1.82) is 0 Å². The molecule has 0 atom stereocenters. The van der Waals surface area contributed by atoms with Gasteiger partial charge in [0, 0.05) is 29.7 Å². The first-order valence-corrected chi connectivity index (χ1v) is 8.87. The number of benzene rings is 1. The lowest BCUT2D eigenvalue weighted by Crippen LogP contribution is -2.45. The van der Waals surface area contributed by atoms with Crippen LogP contribution in [0.15, 0.2) is 59.5 Å². The second-order valence-corrected chi connectivity index (χ2v) is 6.78. The van der Waals surface area contributed by atoms with Crippen molar-refractivity contribution >= 4 is 34.0 Å². The van der Waals surface area contributed by atoms with Gasteiger partial charge < -0.3 is 5.43 Å². The van der Waals surface area contributed by atoms with Crippen LogP contribution in [0.4, 0.5) is 24.0 Å². The highest BCUT2D eigenvalue weighted by Gasteiger charge is 2.34. The number of amides is 2. The van der Waals surface area contributed by atoms with Crippen molar-refractivity contribution in [3.63, 3.8) is 0 Å². The number of nitrogens with zero attached hydrogens (tertiary/aromatic N) is 3. The minimum atomic E-state index is -4.46. The topological polar surface area (TPSA) is 77.6 Å². The van der Waals surface area contributed by atoms with Gasteiger partial charge in [0.25, 0.3) is 11.8 Å². The van der Waals surface area contributed by atoms with Gasteiger partial charge in [0.05, 0.1) is 16.8 Å². The molecule has 0 radical (unpaired) electrons. The molecule has 2 aliphatic heterocycles. The molecule has 2 N–H and O–H groups in total. The SMILES string of the molecule is O=C(Nc1nccs1)C1=CNN2CC(=O)N(c3ccc(C(F)(F)F)cc3)C=C12. The lowest BCUT2D eigenvalue weighted by molar-refractivity contribution is -0.137. The largest absolute Gasteiger partial charge is 0.416 e. The summed E-state index contributed by atoms with van der Waals surface area (Å²) in [4.78, 5) is 30.1. The zero-order valence-electron chi connectivity index (χ0n) is 14.0.